The molecule has 0 bridgehead atoms. The number of nitrogens with zero attached hydrogens (tertiary/aromatic N) is 2. The predicted octanol–water partition coefficient (Wildman–Crippen LogP) is 3.69. The van der Waals surface area contributed by atoms with Gasteiger partial charge in [-0.3, -0.25) is 4.79 Å². The summed E-state index contributed by atoms with van der Waals surface area (Å²) in [5.41, 5.74) is 1.34. The number of aryl methyl sites for hydroxylation is 1. The van der Waals surface area contributed by atoms with Gasteiger partial charge in [-0.15, -0.1) is 0 Å². The summed E-state index contributed by atoms with van der Waals surface area (Å²) in [7, 11) is 0. The van der Waals surface area contributed by atoms with Crippen LogP contribution in [0.2, 0.25) is 5.02 Å². The Bertz CT molecular complexity index is 689. The van der Waals surface area contributed by atoms with Crippen LogP contribution in [0.15, 0.2) is 18.2 Å². The third-order valence-electron chi connectivity index (χ3n) is 4.00. The topological polar surface area (TPSA) is 44.1 Å². The molecular formula is C16H19ClN2O2. The van der Waals surface area contributed by atoms with E-state index in [1.165, 1.54) is 0 Å². The van der Waals surface area contributed by atoms with Gasteiger partial charge in [-0.25, -0.2) is 4.98 Å². The summed E-state index contributed by atoms with van der Waals surface area (Å²) >= 11 is 6.06. The zero-order valence-electron chi connectivity index (χ0n) is 12.4. The molecule has 1 heterocycles. The highest BCUT2D eigenvalue weighted by Gasteiger charge is 2.56. The lowest BCUT2D eigenvalue weighted by atomic mass is 10.1. The SMILES string of the molecule is CCCn1c(C2(C(=O)OCC)CC2)nc2cc(Cl)ccc21. The van der Waals surface area contributed by atoms with Gasteiger partial charge in [0.1, 0.15) is 11.2 Å². The van der Waals surface area contributed by atoms with E-state index in [1.54, 1.807) is 0 Å². The Morgan fingerprint density at radius 1 is 1.43 bits per heavy atom. The molecule has 5 heteroatoms. The maximum absolute atomic E-state index is 12.3. The minimum atomic E-state index is -0.545. The number of hydrogen-bond acceptors (Lipinski definition) is 3. The molecule has 1 saturated carbocycles. The molecule has 1 aliphatic carbocycles. The first kappa shape index (κ1) is 14.4. The number of rotatable bonds is 5. The minimum absolute atomic E-state index is 0.149. The van der Waals surface area contributed by atoms with Crippen LogP contribution in [-0.2, 0) is 21.5 Å². The largest absolute Gasteiger partial charge is 0.465 e. The van der Waals surface area contributed by atoms with Crippen LogP contribution in [-0.4, -0.2) is 22.1 Å². The van der Waals surface area contributed by atoms with Gasteiger partial charge in [0.25, 0.3) is 0 Å². The molecule has 0 saturated heterocycles. The van der Waals surface area contributed by atoms with E-state index in [1.807, 2.05) is 25.1 Å². The molecule has 0 aliphatic heterocycles. The highest BCUT2D eigenvalue weighted by Crippen LogP contribution is 2.49. The Balaban J connectivity index is 2.13. The number of ether oxygens (including phenoxy) is 1. The second-order valence-electron chi connectivity index (χ2n) is 5.52. The molecule has 1 aromatic carbocycles. The van der Waals surface area contributed by atoms with Gasteiger partial charge in [0.2, 0.25) is 0 Å². The molecule has 112 valence electrons. The van der Waals surface area contributed by atoms with E-state index >= 15 is 0 Å². The molecule has 0 N–H and O–H groups in total. The minimum Gasteiger partial charge on any atom is -0.465 e. The van der Waals surface area contributed by atoms with Crippen molar-refractivity contribution in [3.05, 3.63) is 29.0 Å². The Kier molecular flexibility index (Phi) is 3.66. The van der Waals surface area contributed by atoms with Gasteiger partial charge in [0.05, 0.1) is 17.6 Å². The van der Waals surface area contributed by atoms with Crippen molar-refractivity contribution in [2.24, 2.45) is 0 Å². The highest BCUT2D eigenvalue weighted by atomic mass is 35.5. The zero-order chi connectivity index (χ0) is 15.0. The summed E-state index contributed by atoms with van der Waals surface area (Å²) in [6, 6.07) is 5.70. The molecule has 0 unspecified atom stereocenters. The first-order chi connectivity index (χ1) is 10.1. The van der Waals surface area contributed by atoms with Crippen molar-refractivity contribution in [3.63, 3.8) is 0 Å². The molecular weight excluding hydrogens is 288 g/mol. The predicted molar refractivity (Wildman–Crippen MR) is 82.6 cm³/mol. The molecule has 3 rings (SSSR count). The van der Waals surface area contributed by atoms with Crippen LogP contribution in [0.4, 0.5) is 0 Å². The number of aromatic nitrogens is 2. The van der Waals surface area contributed by atoms with Gasteiger partial charge in [-0.1, -0.05) is 18.5 Å². The fourth-order valence-corrected chi connectivity index (χ4v) is 3.00. The lowest BCUT2D eigenvalue weighted by molar-refractivity contribution is -0.146. The Labute approximate surface area is 129 Å². The molecule has 2 aromatic rings. The van der Waals surface area contributed by atoms with Crippen molar-refractivity contribution in [1.29, 1.82) is 0 Å². The monoisotopic (exact) mass is 306 g/mol. The highest BCUT2D eigenvalue weighted by molar-refractivity contribution is 6.31. The standard InChI is InChI=1S/C16H19ClN2O2/c1-3-9-19-13-6-5-11(17)10-12(13)18-14(19)16(7-8-16)15(20)21-4-2/h5-6,10H,3-4,7-9H2,1-2H3. The van der Waals surface area contributed by atoms with E-state index in [0.717, 1.165) is 42.7 Å². The van der Waals surface area contributed by atoms with Crippen LogP contribution < -0.4 is 0 Å². The van der Waals surface area contributed by atoms with E-state index < -0.39 is 5.41 Å². The Morgan fingerprint density at radius 3 is 2.81 bits per heavy atom. The number of carbonyl (C=O) groups is 1. The van der Waals surface area contributed by atoms with E-state index in [9.17, 15) is 4.79 Å². The van der Waals surface area contributed by atoms with E-state index in [-0.39, 0.29) is 5.97 Å². The fraction of sp³-hybridized carbons (Fsp3) is 0.500. The van der Waals surface area contributed by atoms with Crippen molar-refractivity contribution < 1.29 is 9.53 Å². The summed E-state index contributed by atoms with van der Waals surface area (Å²) in [6.07, 6.45) is 2.61. The van der Waals surface area contributed by atoms with Crippen molar-refractivity contribution in [3.8, 4) is 0 Å². The number of imidazole rings is 1. The van der Waals surface area contributed by atoms with Crippen molar-refractivity contribution in [1.82, 2.24) is 9.55 Å². The average Bonchev–Trinajstić information content (AvgIpc) is 3.19. The first-order valence-corrected chi connectivity index (χ1v) is 7.83. The number of carbonyl (C=O) groups excluding carboxylic acids is 1. The number of esters is 1. The third-order valence-corrected chi connectivity index (χ3v) is 4.24. The first-order valence-electron chi connectivity index (χ1n) is 7.46. The second-order valence-corrected chi connectivity index (χ2v) is 5.96. The molecule has 0 spiro atoms. The third kappa shape index (κ3) is 2.31. The normalized spacial score (nSPS) is 16.1. The van der Waals surface area contributed by atoms with E-state index in [4.69, 9.17) is 21.3 Å². The quantitative estimate of drug-likeness (QED) is 0.791. The number of fused-ring (bicyclic) bond motifs is 1. The zero-order valence-corrected chi connectivity index (χ0v) is 13.1. The molecule has 1 fully saturated rings. The second kappa shape index (κ2) is 5.34. The van der Waals surface area contributed by atoms with Gasteiger partial charge >= 0.3 is 5.97 Å². The van der Waals surface area contributed by atoms with Crippen LogP contribution in [0.3, 0.4) is 0 Å². The number of halogens is 1. The Hall–Kier alpha value is -1.55. The van der Waals surface area contributed by atoms with E-state index in [2.05, 4.69) is 11.5 Å². The van der Waals surface area contributed by atoms with Gasteiger partial charge in [0.15, 0.2) is 0 Å². The van der Waals surface area contributed by atoms with Gasteiger partial charge in [-0.05, 0) is 44.4 Å². The smallest absolute Gasteiger partial charge is 0.319 e. The van der Waals surface area contributed by atoms with Gasteiger partial charge < -0.3 is 9.30 Å². The summed E-state index contributed by atoms with van der Waals surface area (Å²) in [4.78, 5) is 17.0. The van der Waals surface area contributed by atoms with Crippen molar-refractivity contribution >= 4 is 28.6 Å². The lowest BCUT2D eigenvalue weighted by Gasteiger charge is -2.15. The van der Waals surface area contributed by atoms with E-state index in [0.29, 0.717) is 11.6 Å². The summed E-state index contributed by atoms with van der Waals surface area (Å²) < 4.78 is 7.41. The average molecular weight is 307 g/mol. The molecule has 0 atom stereocenters. The number of hydrogen-bond donors (Lipinski definition) is 0. The van der Waals surface area contributed by atoms with Crippen molar-refractivity contribution in [2.75, 3.05) is 6.61 Å². The molecule has 1 aromatic heterocycles. The van der Waals surface area contributed by atoms with Gasteiger partial charge in [-0.2, -0.15) is 0 Å². The van der Waals surface area contributed by atoms with Crippen LogP contribution >= 0.6 is 11.6 Å². The van der Waals surface area contributed by atoms with Crippen LogP contribution in [0.1, 0.15) is 38.9 Å². The van der Waals surface area contributed by atoms with Crippen molar-refractivity contribution in [2.45, 2.75) is 45.1 Å². The molecule has 0 amide bonds. The van der Waals surface area contributed by atoms with Gasteiger partial charge in [0, 0.05) is 11.6 Å². The van der Waals surface area contributed by atoms with Crippen LogP contribution in [0.5, 0.6) is 0 Å². The molecule has 0 radical (unpaired) electrons. The maximum atomic E-state index is 12.3. The number of benzene rings is 1. The molecule has 4 nitrogen and oxygen atoms in total. The summed E-state index contributed by atoms with van der Waals surface area (Å²) in [5, 5.41) is 0.663. The maximum Gasteiger partial charge on any atom is 0.319 e. The molecule has 1 aliphatic rings. The lowest BCUT2D eigenvalue weighted by Crippen LogP contribution is -2.27. The Morgan fingerprint density at radius 2 is 2.19 bits per heavy atom. The fourth-order valence-electron chi connectivity index (χ4n) is 2.83. The van der Waals surface area contributed by atoms with Crippen LogP contribution in [0.25, 0.3) is 11.0 Å². The molecule has 21 heavy (non-hydrogen) atoms. The van der Waals surface area contributed by atoms with Crippen LogP contribution in [0, 0.1) is 0 Å². The summed E-state index contributed by atoms with van der Waals surface area (Å²) in [5.74, 6) is 0.684. The summed E-state index contributed by atoms with van der Waals surface area (Å²) in [6.45, 7) is 5.20.